The lowest BCUT2D eigenvalue weighted by atomic mass is 10.0. The number of sulfonamides is 1. The van der Waals surface area contributed by atoms with Crippen molar-refractivity contribution in [2.45, 2.75) is 37.3 Å². The summed E-state index contributed by atoms with van der Waals surface area (Å²) in [7, 11) is -1.63. The maximum absolute atomic E-state index is 12.7. The third kappa shape index (κ3) is 3.45. The number of hydrogen-bond acceptors (Lipinski definition) is 4. The highest BCUT2D eigenvalue weighted by Gasteiger charge is 2.34. The Hall–Kier alpha value is -0.950. The Kier molecular flexibility index (Phi) is 5.03. The molecule has 1 aromatic carbocycles. The molecular formula is C15H24N2O3S. The monoisotopic (exact) mass is 312 g/mol. The quantitative estimate of drug-likeness (QED) is 0.861. The van der Waals surface area contributed by atoms with Gasteiger partial charge in [0, 0.05) is 19.1 Å². The molecule has 21 heavy (non-hydrogen) atoms. The Bertz CT molecular complexity index is 586. The van der Waals surface area contributed by atoms with Crippen LogP contribution in [-0.4, -0.2) is 44.1 Å². The van der Waals surface area contributed by atoms with Crippen molar-refractivity contribution in [3.63, 3.8) is 0 Å². The maximum atomic E-state index is 12.7. The molecule has 1 aromatic rings. The van der Waals surface area contributed by atoms with E-state index in [2.05, 4.69) is 5.32 Å². The van der Waals surface area contributed by atoms with Crippen molar-refractivity contribution in [2.75, 3.05) is 20.1 Å². The van der Waals surface area contributed by atoms with Crippen LogP contribution in [0, 0.1) is 5.92 Å². The second-order valence-electron chi connectivity index (χ2n) is 5.74. The molecule has 118 valence electrons. The number of nitrogens with one attached hydrogen (secondary N) is 1. The Morgan fingerprint density at radius 1 is 1.38 bits per heavy atom. The van der Waals surface area contributed by atoms with Crippen molar-refractivity contribution >= 4 is 10.0 Å². The van der Waals surface area contributed by atoms with E-state index in [-0.39, 0.29) is 12.0 Å². The summed E-state index contributed by atoms with van der Waals surface area (Å²) in [5, 5.41) is 12.7. The molecule has 1 saturated heterocycles. The van der Waals surface area contributed by atoms with Crippen LogP contribution in [0.3, 0.4) is 0 Å². The predicted molar refractivity (Wildman–Crippen MR) is 82.5 cm³/mol. The first kappa shape index (κ1) is 16.4. The number of hydrogen-bond donors (Lipinski definition) is 2. The number of aliphatic hydroxyl groups excluding tert-OH is 1. The summed E-state index contributed by atoms with van der Waals surface area (Å²) >= 11 is 0. The minimum Gasteiger partial charge on any atom is -0.393 e. The molecule has 0 spiro atoms. The van der Waals surface area contributed by atoms with Gasteiger partial charge in [0.2, 0.25) is 10.0 Å². The zero-order valence-electron chi connectivity index (χ0n) is 12.8. The molecule has 0 aromatic heterocycles. The van der Waals surface area contributed by atoms with Crippen LogP contribution in [-0.2, 0) is 10.0 Å². The molecule has 3 unspecified atom stereocenters. The largest absolute Gasteiger partial charge is 0.393 e. The summed E-state index contributed by atoms with van der Waals surface area (Å²) in [5.41, 5.74) is 0.949. The molecule has 6 heteroatoms. The number of benzene rings is 1. The maximum Gasteiger partial charge on any atom is 0.243 e. The molecule has 0 bridgehead atoms. The van der Waals surface area contributed by atoms with Gasteiger partial charge < -0.3 is 10.4 Å². The molecule has 0 saturated carbocycles. The van der Waals surface area contributed by atoms with E-state index in [0.717, 1.165) is 5.56 Å². The average Bonchev–Trinajstić information content (AvgIpc) is 2.97. The van der Waals surface area contributed by atoms with E-state index < -0.39 is 16.1 Å². The number of rotatable bonds is 5. The Morgan fingerprint density at radius 3 is 2.67 bits per heavy atom. The van der Waals surface area contributed by atoms with Crippen molar-refractivity contribution in [2.24, 2.45) is 5.92 Å². The van der Waals surface area contributed by atoms with Crippen molar-refractivity contribution in [1.82, 2.24) is 9.62 Å². The van der Waals surface area contributed by atoms with Gasteiger partial charge in [-0.2, -0.15) is 4.31 Å². The molecule has 3 atom stereocenters. The van der Waals surface area contributed by atoms with E-state index in [1.54, 1.807) is 25.1 Å². The molecule has 1 heterocycles. The molecular weight excluding hydrogens is 288 g/mol. The lowest BCUT2D eigenvalue weighted by Crippen LogP contribution is -2.30. The van der Waals surface area contributed by atoms with E-state index >= 15 is 0 Å². The zero-order chi connectivity index (χ0) is 15.6. The van der Waals surface area contributed by atoms with Gasteiger partial charge in [0.1, 0.15) is 0 Å². The molecule has 5 nitrogen and oxygen atoms in total. The molecule has 2 rings (SSSR count). The van der Waals surface area contributed by atoms with E-state index in [1.807, 2.05) is 20.0 Å². The minimum atomic E-state index is -3.47. The normalized spacial score (nSPS) is 23.1. The van der Waals surface area contributed by atoms with Crippen molar-refractivity contribution in [1.29, 1.82) is 0 Å². The highest BCUT2D eigenvalue weighted by Crippen LogP contribution is 2.27. The smallest absolute Gasteiger partial charge is 0.243 e. The summed E-state index contributed by atoms with van der Waals surface area (Å²) in [5.74, 6) is 0.0270. The van der Waals surface area contributed by atoms with Gasteiger partial charge in [0.25, 0.3) is 0 Å². The zero-order valence-corrected chi connectivity index (χ0v) is 13.6. The van der Waals surface area contributed by atoms with Gasteiger partial charge in [-0.1, -0.05) is 12.1 Å². The SMILES string of the molecule is CNC(C)c1cccc(S(=O)(=O)N2CCC(C(C)O)C2)c1. The fourth-order valence-corrected chi connectivity index (χ4v) is 4.19. The molecule has 0 radical (unpaired) electrons. The van der Waals surface area contributed by atoms with Crippen molar-refractivity contribution in [3.05, 3.63) is 29.8 Å². The fourth-order valence-electron chi connectivity index (χ4n) is 2.63. The standard InChI is InChI=1S/C15H24N2O3S/c1-11(16-3)13-5-4-6-15(9-13)21(19,20)17-8-7-14(10-17)12(2)18/h4-6,9,11-12,14,16,18H,7-8,10H2,1-3H3. The van der Waals surface area contributed by atoms with Gasteiger partial charge in [-0.15, -0.1) is 0 Å². The highest BCUT2D eigenvalue weighted by atomic mass is 32.2. The Balaban J connectivity index is 2.24. The fraction of sp³-hybridized carbons (Fsp3) is 0.600. The summed E-state index contributed by atoms with van der Waals surface area (Å²) in [6.45, 7) is 4.58. The van der Waals surface area contributed by atoms with Gasteiger partial charge in [-0.3, -0.25) is 0 Å². The van der Waals surface area contributed by atoms with Gasteiger partial charge in [0.05, 0.1) is 11.0 Å². The van der Waals surface area contributed by atoms with Gasteiger partial charge in [-0.25, -0.2) is 8.42 Å². The summed E-state index contributed by atoms with van der Waals surface area (Å²) in [6, 6.07) is 7.16. The lowest BCUT2D eigenvalue weighted by Gasteiger charge is -2.19. The van der Waals surface area contributed by atoms with Crippen molar-refractivity contribution in [3.8, 4) is 0 Å². The van der Waals surface area contributed by atoms with Crippen LogP contribution >= 0.6 is 0 Å². The van der Waals surface area contributed by atoms with Gasteiger partial charge in [-0.05, 0) is 50.9 Å². The van der Waals surface area contributed by atoms with E-state index in [9.17, 15) is 13.5 Å². The van der Waals surface area contributed by atoms with Crippen molar-refractivity contribution < 1.29 is 13.5 Å². The average molecular weight is 312 g/mol. The van der Waals surface area contributed by atoms with Crippen LogP contribution in [0.25, 0.3) is 0 Å². The second-order valence-corrected chi connectivity index (χ2v) is 7.67. The van der Waals surface area contributed by atoms with Crippen LogP contribution in [0.1, 0.15) is 31.9 Å². The van der Waals surface area contributed by atoms with E-state index in [4.69, 9.17) is 0 Å². The summed E-state index contributed by atoms with van der Waals surface area (Å²) < 4.78 is 26.9. The molecule has 1 aliphatic heterocycles. The third-order valence-corrected chi connectivity index (χ3v) is 6.16. The van der Waals surface area contributed by atoms with Crippen LogP contribution in [0.15, 0.2) is 29.2 Å². The third-order valence-electron chi connectivity index (χ3n) is 4.30. The molecule has 1 aliphatic rings. The molecule has 0 amide bonds. The minimum absolute atomic E-state index is 0.0270. The van der Waals surface area contributed by atoms with Crippen LogP contribution < -0.4 is 5.32 Å². The first-order valence-electron chi connectivity index (χ1n) is 7.31. The molecule has 0 aliphatic carbocycles. The van der Waals surface area contributed by atoms with Crippen LogP contribution in [0.4, 0.5) is 0 Å². The number of aliphatic hydroxyl groups is 1. The second kappa shape index (κ2) is 6.44. The van der Waals surface area contributed by atoms with Gasteiger partial charge in [0.15, 0.2) is 0 Å². The van der Waals surface area contributed by atoms with Crippen LogP contribution in [0.2, 0.25) is 0 Å². The topological polar surface area (TPSA) is 69.6 Å². The summed E-state index contributed by atoms with van der Waals surface area (Å²) in [6.07, 6.45) is 0.240. The predicted octanol–water partition coefficient (Wildman–Crippen LogP) is 1.36. The Labute approximate surface area is 127 Å². The first-order valence-corrected chi connectivity index (χ1v) is 8.75. The lowest BCUT2D eigenvalue weighted by molar-refractivity contribution is 0.133. The van der Waals surface area contributed by atoms with Gasteiger partial charge >= 0.3 is 0 Å². The molecule has 1 fully saturated rings. The van der Waals surface area contributed by atoms with E-state index in [1.165, 1.54) is 4.31 Å². The number of nitrogens with zero attached hydrogens (tertiary/aromatic N) is 1. The Morgan fingerprint density at radius 2 is 2.10 bits per heavy atom. The first-order chi connectivity index (χ1) is 9.86. The summed E-state index contributed by atoms with van der Waals surface area (Å²) in [4.78, 5) is 0.327. The van der Waals surface area contributed by atoms with E-state index in [0.29, 0.717) is 24.4 Å². The van der Waals surface area contributed by atoms with Crippen LogP contribution in [0.5, 0.6) is 0 Å². The highest BCUT2D eigenvalue weighted by molar-refractivity contribution is 7.89. The molecule has 2 N–H and O–H groups in total.